The molecular formula is C27H38F3NO9. The van der Waals surface area contributed by atoms with Gasteiger partial charge < -0.3 is 29.6 Å². The van der Waals surface area contributed by atoms with E-state index < -0.39 is 35.1 Å². The van der Waals surface area contributed by atoms with E-state index in [0.717, 1.165) is 12.1 Å². The number of benzene rings is 1. The van der Waals surface area contributed by atoms with Crippen molar-refractivity contribution >= 4 is 5.97 Å². The molecule has 40 heavy (non-hydrogen) atoms. The van der Waals surface area contributed by atoms with Crippen LogP contribution in [0, 0.1) is 22.0 Å². The highest BCUT2D eigenvalue weighted by Gasteiger charge is 2.40. The lowest BCUT2D eigenvalue weighted by Crippen LogP contribution is -2.25. The Hall–Kier alpha value is -2.90. The van der Waals surface area contributed by atoms with E-state index in [-0.39, 0.29) is 62.6 Å². The van der Waals surface area contributed by atoms with Gasteiger partial charge in [-0.15, -0.1) is 10.1 Å². The van der Waals surface area contributed by atoms with E-state index in [1.807, 2.05) is 12.2 Å². The smallest absolute Gasteiger partial charge is 0.416 e. The first kappa shape index (κ1) is 33.3. The number of hydrogen-bond acceptors (Lipinski definition) is 9. The van der Waals surface area contributed by atoms with Crippen LogP contribution < -0.4 is 4.74 Å². The molecule has 0 aliphatic heterocycles. The number of aliphatic hydroxyl groups excluding tert-OH is 3. The molecule has 0 amide bonds. The summed E-state index contributed by atoms with van der Waals surface area (Å²) >= 11 is 0. The molecule has 0 saturated heterocycles. The van der Waals surface area contributed by atoms with E-state index in [4.69, 9.17) is 9.47 Å². The van der Waals surface area contributed by atoms with E-state index in [0.29, 0.717) is 38.5 Å². The average Bonchev–Trinajstić information content (AvgIpc) is 3.16. The minimum atomic E-state index is -4.49. The second kappa shape index (κ2) is 17.0. The number of carbonyl (C=O) groups excluding carboxylic acids is 1. The Bertz CT molecular complexity index is 944. The van der Waals surface area contributed by atoms with Crippen molar-refractivity contribution in [1.29, 1.82) is 0 Å². The first-order valence-electron chi connectivity index (χ1n) is 13.4. The highest BCUT2D eigenvalue weighted by atomic mass is 19.4. The number of hydrogen-bond donors (Lipinski definition) is 3. The maximum Gasteiger partial charge on any atom is 0.416 e. The van der Waals surface area contributed by atoms with Crippen LogP contribution in [0.25, 0.3) is 0 Å². The maximum atomic E-state index is 12.8. The molecule has 0 spiro atoms. The van der Waals surface area contributed by atoms with Gasteiger partial charge in [0.25, 0.3) is 5.09 Å². The second-order valence-electron chi connectivity index (χ2n) is 9.85. The van der Waals surface area contributed by atoms with E-state index in [1.54, 1.807) is 0 Å². The number of nitrogens with zero attached hydrogens (tertiary/aromatic N) is 1. The molecule has 2 rings (SSSR count). The number of carbonyl (C=O) groups is 1. The first-order valence-corrected chi connectivity index (χ1v) is 13.4. The molecule has 3 N–H and O–H groups in total. The van der Waals surface area contributed by atoms with Gasteiger partial charge in [-0.2, -0.15) is 13.2 Å². The summed E-state index contributed by atoms with van der Waals surface area (Å²) in [6.45, 7) is -0.0674. The van der Waals surface area contributed by atoms with Crippen molar-refractivity contribution in [3.8, 4) is 5.75 Å². The van der Waals surface area contributed by atoms with Gasteiger partial charge in [-0.05, 0) is 81.4 Å². The van der Waals surface area contributed by atoms with Crippen LogP contribution in [0.3, 0.4) is 0 Å². The molecule has 0 bridgehead atoms. The van der Waals surface area contributed by atoms with Crippen LogP contribution in [0.2, 0.25) is 0 Å². The minimum Gasteiger partial charge on any atom is -0.491 e. The number of allylic oxidation sites excluding steroid dienone is 2. The quantitative estimate of drug-likeness (QED) is 0.0766. The molecule has 1 aliphatic carbocycles. The predicted molar refractivity (Wildman–Crippen MR) is 137 cm³/mol. The third-order valence-electron chi connectivity index (χ3n) is 6.78. The van der Waals surface area contributed by atoms with Crippen molar-refractivity contribution in [2.75, 3.05) is 19.8 Å². The summed E-state index contributed by atoms with van der Waals surface area (Å²) in [5, 5.41) is 40.3. The zero-order valence-electron chi connectivity index (χ0n) is 22.2. The Morgan fingerprint density at radius 1 is 1.12 bits per heavy atom. The van der Waals surface area contributed by atoms with Gasteiger partial charge in [-0.1, -0.05) is 18.2 Å². The molecular weight excluding hydrogens is 539 g/mol. The lowest BCUT2D eigenvalue weighted by molar-refractivity contribution is -0.757. The molecule has 0 aromatic heterocycles. The van der Waals surface area contributed by atoms with E-state index >= 15 is 0 Å². The normalized spacial score (nSPS) is 21.9. The lowest BCUT2D eigenvalue weighted by Gasteiger charge is -2.23. The van der Waals surface area contributed by atoms with Crippen LogP contribution in [-0.4, -0.2) is 64.5 Å². The highest BCUT2D eigenvalue weighted by molar-refractivity contribution is 5.69. The predicted octanol–water partition coefficient (Wildman–Crippen LogP) is 4.23. The Balaban J connectivity index is 1.66. The van der Waals surface area contributed by atoms with Crippen LogP contribution in [0.4, 0.5) is 13.2 Å². The van der Waals surface area contributed by atoms with Crippen molar-refractivity contribution in [1.82, 2.24) is 0 Å². The number of halogens is 3. The number of ether oxygens (including phenoxy) is 2. The SMILES string of the molecule is O=C(CCC/C=C\C[C@@H]1[C@@H](CC[C@@H](O)COc2cccc(C(F)(F)F)c2)[C@H](O)C[C@@H]1O)OCCCCO[N+](=O)[O-]. The van der Waals surface area contributed by atoms with E-state index in [1.165, 1.54) is 12.1 Å². The summed E-state index contributed by atoms with van der Waals surface area (Å²) < 4.78 is 48.9. The third-order valence-corrected chi connectivity index (χ3v) is 6.78. The highest BCUT2D eigenvalue weighted by Crippen LogP contribution is 2.38. The molecule has 13 heteroatoms. The number of esters is 1. The summed E-state index contributed by atoms with van der Waals surface area (Å²) in [4.78, 5) is 25.9. The number of rotatable bonds is 18. The van der Waals surface area contributed by atoms with Gasteiger partial charge >= 0.3 is 12.1 Å². The molecule has 1 aromatic carbocycles. The maximum absolute atomic E-state index is 12.8. The van der Waals surface area contributed by atoms with Gasteiger partial charge in [0.15, 0.2) is 0 Å². The van der Waals surface area contributed by atoms with Crippen LogP contribution in [0.1, 0.15) is 63.4 Å². The summed E-state index contributed by atoms with van der Waals surface area (Å²) in [5.74, 6) is -0.823. The van der Waals surface area contributed by atoms with Crippen LogP contribution in [-0.2, 0) is 20.5 Å². The van der Waals surface area contributed by atoms with Gasteiger partial charge in [-0.3, -0.25) is 4.79 Å². The van der Waals surface area contributed by atoms with Gasteiger partial charge in [0.2, 0.25) is 0 Å². The average molecular weight is 578 g/mol. The zero-order valence-corrected chi connectivity index (χ0v) is 22.2. The summed E-state index contributed by atoms with van der Waals surface area (Å²) in [6.07, 6.45) is 0.599. The van der Waals surface area contributed by atoms with Crippen LogP contribution in [0.5, 0.6) is 5.75 Å². The van der Waals surface area contributed by atoms with Gasteiger partial charge in [0.1, 0.15) is 12.4 Å². The molecule has 1 saturated carbocycles. The fourth-order valence-corrected chi connectivity index (χ4v) is 4.67. The molecule has 1 aromatic rings. The van der Waals surface area contributed by atoms with E-state index in [2.05, 4.69) is 4.84 Å². The Kier molecular flexibility index (Phi) is 14.2. The minimum absolute atomic E-state index is 0.00164. The Morgan fingerprint density at radius 2 is 1.85 bits per heavy atom. The van der Waals surface area contributed by atoms with E-state index in [9.17, 15) is 43.4 Å². The summed E-state index contributed by atoms with van der Waals surface area (Å²) in [7, 11) is 0. The molecule has 0 unspecified atom stereocenters. The van der Waals surface area contributed by atoms with Gasteiger partial charge in [0, 0.05) is 6.42 Å². The number of aliphatic hydroxyl groups is 3. The molecule has 1 aliphatic rings. The Morgan fingerprint density at radius 3 is 2.58 bits per heavy atom. The van der Waals surface area contributed by atoms with Crippen LogP contribution >= 0.6 is 0 Å². The van der Waals surface area contributed by atoms with Gasteiger partial charge in [0.05, 0.1) is 37.1 Å². The fraction of sp³-hybridized carbons (Fsp3) is 0.667. The first-order chi connectivity index (χ1) is 19.0. The second-order valence-corrected chi connectivity index (χ2v) is 9.85. The standard InChI is InChI=1S/C27H38F3NO9/c28-27(29,30)19-8-7-9-21(16-19)39-18-20(32)12-13-23-22(24(33)17-25(23)34)10-3-1-2-4-11-26(35)38-14-5-6-15-40-31(36)37/h1,3,7-9,16,20,22-25,32-34H,2,4-6,10-15,17-18H2/b3-1-/t20-,22-,23-,24+,25-/m1/s1. The third kappa shape index (κ3) is 12.5. The zero-order chi connectivity index (χ0) is 29.5. The molecule has 5 atom stereocenters. The molecule has 0 radical (unpaired) electrons. The van der Waals surface area contributed by atoms with Crippen molar-refractivity contribution < 1.29 is 52.7 Å². The largest absolute Gasteiger partial charge is 0.491 e. The number of unbranched alkanes of at least 4 members (excludes halogenated alkanes) is 2. The topological polar surface area (TPSA) is 149 Å². The lowest BCUT2D eigenvalue weighted by atomic mass is 9.86. The van der Waals surface area contributed by atoms with Crippen molar-refractivity contribution in [2.24, 2.45) is 11.8 Å². The molecule has 1 fully saturated rings. The molecule has 10 nitrogen and oxygen atoms in total. The summed E-state index contributed by atoms with van der Waals surface area (Å²) in [6, 6.07) is 4.42. The van der Waals surface area contributed by atoms with Crippen molar-refractivity contribution in [3.05, 3.63) is 52.1 Å². The molecule has 226 valence electrons. The fourth-order valence-electron chi connectivity index (χ4n) is 4.67. The Labute approximate surface area is 230 Å². The van der Waals surface area contributed by atoms with Crippen molar-refractivity contribution in [3.63, 3.8) is 0 Å². The summed E-state index contributed by atoms with van der Waals surface area (Å²) in [5.41, 5.74) is -0.839. The number of alkyl halides is 3. The van der Waals surface area contributed by atoms with Gasteiger partial charge in [-0.25, -0.2) is 0 Å². The monoisotopic (exact) mass is 577 g/mol. The van der Waals surface area contributed by atoms with Crippen molar-refractivity contribution in [2.45, 2.75) is 82.3 Å². The molecule has 0 heterocycles. The van der Waals surface area contributed by atoms with Crippen LogP contribution in [0.15, 0.2) is 36.4 Å².